The van der Waals surface area contributed by atoms with Crippen molar-refractivity contribution >= 4 is 11.5 Å². The molecule has 0 saturated carbocycles. The van der Waals surface area contributed by atoms with E-state index in [1.54, 1.807) is 0 Å². The van der Waals surface area contributed by atoms with Crippen molar-refractivity contribution < 1.29 is 27.4 Å². The number of methoxy groups -OCH3 is 1. The number of imidazole rings is 1. The number of aromatic nitrogens is 4. The Kier molecular flexibility index (Phi) is 5.67. The smallest absolute Gasteiger partial charge is 0.273 e. The van der Waals surface area contributed by atoms with E-state index in [1.165, 1.54) is 36.2 Å². The molecule has 1 fully saturated rings. The average Bonchev–Trinajstić information content (AvgIpc) is 3.37. The Bertz CT molecular complexity index is 1080. The van der Waals surface area contributed by atoms with Crippen LogP contribution in [-0.2, 0) is 5.60 Å². The maximum atomic E-state index is 13.9. The molecule has 0 amide bonds. The molecule has 0 aromatic carbocycles. The highest BCUT2D eigenvalue weighted by atomic mass is 19.3. The van der Waals surface area contributed by atoms with Gasteiger partial charge in [-0.3, -0.25) is 9.38 Å². The van der Waals surface area contributed by atoms with Crippen LogP contribution in [0.4, 0.5) is 23.4 Å². The summed E-state index contributed by atoms with van der Waals surface area (Å²) in [5, 5.41) is 16.1. The predicted molar refractivity (Wildman–Crippen MR) is 104 cm³/mol. The second-order valence-corrected chi connectivity index (χ2v) is 7.20. The van der Waals surface area contributed by atoms with E-state index in [1.807, 2.05) is 0 Å². The van der Waals surface area contributed by atoms with Crippen LogP contribution in [0.15, 0.2) is 30.9 Å². The highest BCUT2D eigenvalue weighted by Crippen LogP contribution is 2.37. The van der Waals surface area contributed by atoms with Crippen LogP contribution in [0.2, 0.25) is 0 Å². The van der Waals surface area contributed by atoms with E-state index in [-0.39, 0.29) is 12.3 Å². The number of hydrogen-bond acceptors (Lipinski definition) is 7. The topological polar surface area (TPSA) is 96.6 Å². The van der Waals surface area contributed by atoms with E-state index < -0.39 is 36.5 Å². The molecule has 4 heterocycles. The van der Waals surface area contributed by atoms with E-state index in [9.17, 15) is 22.7 Å². The van der Waals surface area contributed by atoms with E-state index in [0.717, 1.165) is 6.20 Å². The van der Waals surface area contributed by atoms with Crippen LogP contribution in [0.3, 0.4) is 0 Å². The van der Waals surface area contributed by atoms with Crippen LogP contribution in [0.5, 0.6) is 5.75 Å². The fourth-order valence-electron chi connectivity index (χ4n) is 3.47. The van der Waals surface area contributed by atoms with E-state index >= 15 is 0 Å². The zero-order valence-electron chi connectivity index (χ0n) is 16.4. The van der Waals surface area contributed by atoms with Crippen LogP contribution in [0.25, 0.3) is 17.0 Å². The van der Waals surface area contributed by atoms with Crippen molar-refractivity contribution in [3.63, 3.8) is 0 Å². The number of nitrogens with zero attached hydrogens (tertiary/aromatic N) is 4. The van der Waals surface area contributed by atoms with Crippen molar-refractivity contribution in [2.24, 2.45) is 0 Å². The molecule has 0 bridgehead atoms. The largest absolute Gasteiger partial charge is 0.496 e. The third-order valence-corrected chi connectivity index (χ3v) is 5.23. The van der Waals surface area contributed by atoms with Crippen LogP contribution < -0.4 is 15.4 Å². The fraction of sp³-hybridized carbons (Fsp3) is 0.421. The Hall–Kier alpha value is -2.99. The summed E-state index contributed by atoms with van der Waals surface area (Å²) in [6.45, 7) is -1.04. The fourth-order valence-corrected chi connectivity index (χ4v) is 3.47. The first-order chi connectivity index (χ1) is 14.9. The van der Waals surface area contributed by atoms with Gasteiger partial charge in [0.15, 0.2) is 5.60 Å². The zero-order valence-corrected chi connectivity index (χ0v) is 16.4. The van der Waals surface area contributed by atoms with Crippen LogP contribution >= 0.6 is 0 Å². The van der Waals surface area contributed by atoms with Crippen LogP contribution in [0.1, 0.15) is 5.56 Å². The number of anilines is 1. The molecule has 3 aromatic rings. The van der Waals surface area contributed by atoms with Gasteiger partial charge in [0.25, 0.3) is 6.43 Å². The average molecular weight is 440 g/mol. The lowest BCUT2D eigenvalue weighted by Gasteiger charge is -2.26. The molecular formula is C19H20F4N6O2. The molecule has 3 N–H and O–H groups in total. The molecule has 166 valence electrons. The van der Waals surface area contributed by atoms with Crippen molar-refractivity contribution in [3.05, 3.63) is 36.4 Å². The van der Waals surface area contributed by atoms with Gasteiger partial charge in [-0.15, -0.1) is 0 Å². The van der Waals surface area contributed by atoms with Gasteiger partial charge < -0.3 is 20.5 Å². The number of hydrogen-bond donors (Lipinski definition) is 3. The Morgan fingerprint density at radius 3 is 2.81 bits per heavy atom. The minimum Gasteiger partial charge on any atom is -0.496 e. The number of ether oxygens (including phenoxy) is 1. The van der Waals surface area contributed by atoms with Gasteiger partial charge >= 0.3 is 0 Å². The number of pyridine rings is 1. The molecule has 3 atom stereocenters. The summed E-state index contributed by atoms with van der Waals surface area (Å²) in [5.74, 6) is 0.194. The van der Waals surface area contributed by atoms with Gasteiger partial charge in [-0.2, -0.15) is 0 Å². The molecule has 12 heteroatoms. The summed E-state index contributed by atoms with van der Waals surface area (Å²) in [7, 11) is 1.22. The number of fused-ring (bicyclic) bond motifs is 1. The molecule has 31 heavy (non-hydrogen) atoms. The first-order valence-electron chi connectivity index (χ1n) is 9.43. The van der Waals surface area contributed by atoms with E-state index in [2.05, 4.69) is 25.6 Å². The van der Waals surface area contributed by atoms with Crippen LogP contribution in [0, 0.1) is 0 Å². The van der Waals surface area contributed by atoms with Crippen molar-refractivity contribution in [3.8, 4) is 17.1 Å². The second-order valence-electron chi connectivity index (χ2n) is 7.20. The van der Waals surface area contributed by atoms with Gasteiger partial charge in [-0.05, 0) is 0 Å². The maximum Gasteiger partial charge on any atom is 0.273 e. The standard InChI is InChI=1S/C19H20F4N6O2/c1-31-15-2-17-26-6-14(29(17)8-10(15)19(30,9-20)18(22)23)13-5-25-7-16(28-13)27-12-4-24-3-11(12)21/h2,5-8,11-12,18,24,30H,3-4,9H2,1H3,(H,27,28)/t11-,12-,19?/m0/s1. The number of rotatable bonds is 7. The van der Waals surface area contributed by atoms with Crippen molar-refractivity contribution in [2.45, 2.75) is 24.2 Å². The van der Waals surface area contributed by atoms with Gasteiger partial charge in [0.2, 0.25) is 0 Å². The van der Waals surface area contributed by atoms with E-state index in [4.69, 9.17) is 4.74 Å². The molecule has 1 unspecified atom stereocenters. The lowest BCUT2D eigenvalue weighted by Crippen LogP contribution is -2.37. The number of nitrogens with one attached hydrogen (secondary N) is 2. The van der Waals surface area contributed by atoms with Gasteiger partial charge in [0, 0.05) is 25.4 Å². The molecule has 1 aliphatic rings. The maximum absolute atomic E-state index is 13.9. The monoisotopic (exact) mass is 440 g/mol. The van der Waals surface area contributed by atoms with Crippen LogP contribution in [-0.4, -0.2) is 70.0 Å². The number of alkyl halides is 4. The normalized spacial score (nSPS) is 20.9. The molecule has 8 nitrogen and oxygen atoms in total. The molecule has 1 saturated heterocycles. The van der Waals surface area contributed by atoms with Crippen molar-refractivity contribution in [1.82, 2.24) is 24.7 Å². The lowest BCUT2D eigenvalue weighted by molar-refractivity contribution is -0.115. The highest BCUT2D eigenvalue weighted by molar-refractivity contribution is 5.63. The zero-order chi connectivity index (χ0) is 22.2. The SMILES string of the molecule is COc1cc2ncc(-c3cncc(N[C@H]4CNC[C@@H]4F)n3)n2cc1C(O)(CF)C(F)F. The third kappa shape index (κ3) is 3.76. The third-order valence-electron chi connectivity index (χ3n) is 5.23. The van der Waals surface area contributed by atoms with E-state index in [0.29, 0.717) is 29.4 Å². The molecule has 0 radical (unpaired) electrons. The molecule has 0 aliphatic carbocycles. The molecule has 1 aliphatic heterocycles. The Morgan fingerprint density at radius 1 is 1.35 bits per heavy atom. The minimum absolute atomic E-state index is 0.130. The second kappa shape index (κ2) is 8.27. The molecule has 4 rings (SSSR count). The summed E-state index contributed by atoms with van der Waals surface area (Å²) in [5.41, 5.74) is -2.52. The van der Waals surface area contributed by atoms with Gasteiger partial charge in [-0.25, -0.2) is 27.5 Å². The predicted octanol–water partition coefficient (Wildman–Crippen LogP) is 1.94. The first kappa shape index (κ1) is 21.2. The molecule has 3 aromatic heterocycles. The number of aliphatic hydroxyl groups is 1. The molecular weight excluding hydrogens is 420 g/mol. The quantitative estimate of drug-likeness (QED) is 0.483. The Balaban J connectivity index is 1.77. The highest BCUT2D eigenvalue weighted by Gasteiger charge is 2.43. The minimum atomic E-state index is -3.39. The Labute approximate surface area is 174 Å². The van der Waals surface area contributed by atoms with Crippen molar-refractivity contribution in [1.29, 1.82) is 0 Å². The summed E-state index contributed by atoms with van der Waals surface area (Å²) in [6.07, 6.45) is 0.958. The van der Waals surface area contributed by atoms with Gasteiger partial charge in [0.05, 0.1) is 43.0 Å². The number of halogens is 4. The van der Waals surface area contributed by atoms with Gasteiger partial charge in [0.1, 0.15) is 35.8 Å². The summed E-state index contributed by atoms with van der Waals surface area (Å²) >= 11 is 0. The molecule has 0 spiro atoms. The lowest BCUT2D eigenvalue weighted by atomic mass is 9.96. The van der Waals surface area contributed by atoms with Gasteiger partial charge in [-0.1, -0.05) is 0 Å². The first-order valence-corrected chi connectivity index (χ1v) is 9.43. The summed E-state index contributed by atoms with van der Waals surface area (Å²) < 4.78 is 60.7. The summed E-state index contributed by atoms with van der Waals surface area (Å²) in [4.78, 5) is 12.7. The summed E-state index contributed by atoms with van der Waals surface area (Å²) in [6, 6.07) is 0.850. The Morgan fingerprint density at radius 2 is 2.16 bits per heavy atom. The van der Waals surface area contributed by atoms with Crippen molar-refractivity contribution in [2.75, 3.05) is 32.2 Å².